The van der Waals surface area contributed by atoms with Crippen molar-refractivity contribution in [2.45, 2.75) is 39.5 Å². The van der Waals surface area contributed by atoms with Gasteiger partial charge in [-0.05, 0) is 57.2 Å². The van der Waals surface area contributed by atoms with Gasteiger partial charge in [-0.2, -0.15) is 0 Å². The lowest BCUT2D eigenvalue weighted by atomic mass is 9.95. The van der Waals surface area contributed by atoms with Crippen LogP contribution in [-0.4, -0.2) is 52.4 Å². The molecular formula is C23H28N2O7S2. The van der Waals surface area contributed by atoms with Gasteiger partial charge in [-0.25, -0.2) is 13.2 Å². The molecule has 11 heteroatoms. The van der Waals surface area contributed by atoms with Crippen LogP contribution >= 0.6 is 11.3 Å². The van der Waals surface area contributed by atoms with Crippen molar-refractivity contribution >= 4 is 43.9 Å². The molecule has 34 heavy (non-hydrogen) atoms. The predicted octanol–water partition coefficient (Wildman–Crippen LogP) is 3.37. The first-order valence-electron chi connectivity index (χ1n) is 11.4. The van der Waals surface area contributed by atoms with Gasteiger partial charge in [0.25, 0.3) is 0 Å². The summed E-state index contributed by atoms with van der Waals surface area (Å²) >= 11 is 1.36. The maximum absolute atomic E-state index is 13.1. The molecule has 2 heterocycles. The zero-order valence-electron chi connectivity index (χ0n) is 19.2. The van der Waals surface area contributed by atoms with Gasteiger partial charge in [-0.1, -0.05) is 0 Å². The summed E-state index contributed by atoms with van der Waals surface area (Å²) in [6, 6.07) is 4.77. The van der Waals surface area contributed by atoms with Crippen LogP contribution in [0.2, 0.25) is 0 Å². The summed E-state index contributed by atoms with van der Waals surface area (Å²) in [7, 11) is -3.78. The third-order valence-electron chi connectivity index (χ3n) is 5.71. The zero-order chi connectivity index (χ0) is 24.3. The molecule has 1 aliphatic carbocycles. The van der Waals surface area contributed by atoms with Crippen molar-refractivity contribution in [3.8, 4) is 11.5 Å². The number of nitrogens with zero attached hydrogens (tertiary/aromatic N) is 1. The second kappa shape index (κ2) is 10.2. The fourth-order valence-corrected chi connectivity index (χ4v) is 6.42. The number of nitrogens with one attached hydrogen (secondary N) is 1. The number of hydrogen-bond acceptors (Lipinski definition) is 8. The molecule has 0 fully saturated rings. The maximum Gasteiger partial charge on any atom is 0.341 e. The number of rotatable bonds is 8. The van der Waals surface area contributed by atoms with E-state index in [4.69, 9.17) is 14.2 Å². The molecule has 1 aliphatic heterocycles. The van der Waals surface area contributed by atoms with Gasteiger partial charge in [0.05, 0.1) is 23.6 Å². The molecule has 1 amide bonds. The van der Waals surface area contributed by atoms with E-state index in [1.54, 1.807) is 25.1 Å². The molecule has 4 rings (SSSR count). The number of ether oxygens (including phenoxy) is 3. The van der Waals surface area contributed by atoms with Crippen molar-refractivity contribution in [1.82, 2.24) is 0 Å². The Kier molecular flexibility index (Phi) is 7.32. The van der Waals surface area contributed by atoms with E-state index in [2.05, 4.69) is 5.32 Å². The highest BCUT2D eigenvalue weighted by Gasteiger charge is 2.29. The summed E-state index contributed by atoms with van der Waals surface area (Å²) < 4.78 is 43.1. The van der Waals surface area contributed by atoms with Crippen LogP contribution in [0.1, 0.15) is 47.5 Å². The minimum Gasteiger partial charge on any atom is -0.486 e. The molecule has 0 radical (unpaired) electrons. The van der Waals surface area contributed by atoms with Gasteiger partial charge < -0.3 is 19.5 Å². The Morgan fingerprint density at radius 3 is 2.59 bits per heavy atom. The van der Waals surface area contributed by atoms with E-state index < -0.39 is 28.4 Å². The van der Waals surface area contributed by atoms with Crippen LogP contribution in [0.3, 0.4) is 0 Å². The minimum atomic E-state index is -3.78. The van der Waals surface area contributed by atoms with Crippen molar-refractivity contribution in [1.29, 1.82) is 0 Å². The molecular weight excluding hydrogens is 480 g/mol. The lowest BCUT2D eigenvalue weighted by Gasteiger charge is -2.25. The van der Waals surface area contributed by atoms with E-state index in [-0.39, 0.29) is 12.4 Å². The van der Waals surface area contributed by atoms with Gasteiger partial charge in [0.2, 0.25) is 15.9 Å². The number of fused-ring (bicyclic) bond motifs is 2. The van der Waals surface area contributed by atoms with Crippen molar-refractivity contribution in [2.24, 2.45) is 0 Å². The number of aryl methyl sites for hydroxylation is 1. The molecule has 9 nitrogen and oxygen atoms in total. The Labute approximate surface area is 203 Å². The first-order chi connectivity index (χ1) is 16.3. The Morgan fingerprint density at radius 2 is 1.85 bits per heavy atom. The summed E-state index contributed by atoms with van der Waals surface area (Å²) in [5, 5.41) is 3.19. The van der Waals surface area contributed by atoms with E-state index in [1.165, 1.54) is 18.3 Å². The van der Waals surface area contributed by atoms with Crippen LogP contribution in [0, 0.1) is 0 Å². The topological polar surface area (TPSA) is 111 Å². The molecule has 0 spiro atoms. The Balaban J connectivity index is 1.61. The van der Waals surface area contributed by atoms with E-state index in [0.717, 1.165) is 40.4 Å². The highest BCUT2D eigenvalue weighted by atomic mass is 32.2. The minimum absolute atomic E-state index is 0.184. The number of carbonyl (C=O) groups is 2. The molecule has 2 aliphatic rings. The highest BCUT2D eigenvalue weighted by molar-refractivity contribution is 7.92. The fourth-order valence-electron chi connectivity index (χ4n) is 4.06. The molecule has 0 atom stereocenters. The van der Waals surface area contributed by atoms with Gasteiger partial charge in [0.1, 0.15) is 24.8 Å². The smallest absolute Gasteiger partial charge is 0.341 e. The van der Waals surface area contributed by atoms with Crippen LogP contribution in [-0.2, 0) is 32.4 Å². The quantitative estimate of drug-likeness (QED) is 0.544. The Hall–Kier alpha value is -2.79. The van der Waals surface area contributed by atoms with Gasteiger partial charge in [0, 0.05) is 10.9 Å². The molecule has 1 aromatic carbocycles. The van der Waals surface area contributed by atoms with Crippen molar-refractivity contribution < 1.29 is 32.2 Å². The van der Waals surface area contributed by atoms with Crippen LogP contribution in [0.15, 0.2) is 18.2 Å². The summed E-state index contributed by atoms with van der Waals surface area (Å²) in [6.07, 6.45) is 3.59. The zero-order valence-corrected chi connectivity index (χ0v) is 20.9. The average Bonchev–Trinajstić information content (AvgIpc) is 3.20. The number of benzene rings is 1. The largest absolute Gasteiger partial charge is 0.486 e. The highest BCUT2D eigenvalue weighted by Crippen LogP contribution is 2.39. The molecule has 0 bridgehead atoms. The van der Waals surface area contributed by atoms with Gasteiger partial charge >= 0.3 is 5.97 Å². The molecule has 1 N–H and O–H groups in total. The van der Waals surface area contributed by atoms with E-state index in [0.29, 0.717) is 41.0 Å². The summed E-state index contributed by atoms with van der Waals surface area (Å²) in [5.41, 5.74) is 1.62. The SMILES string of the molecule is CCOC(=O)c1c(NC(=O)CN(c2ccc3c(c2)OCCO3)S(=O)(=O)CC)sc2c1CCCC2. The lowest BCUT2D eigenvalue weighted by molar-refractivity contribution is -0.114. The normalized spacial score (nSPS) is 14.8. The standard InChI is InChI=1S/C23H28N2O7S2/c1-3-30-23(27)21-16-7-5-6-8-19(16)33-22(21)24-20(26)14-25(34(28,29)4-2)15-9-10-17-18(13-15)32-12-11-31-17/h9-10,13H,3-8,11-12,14H2,1-2H3,(H,24,26). The summed E-state index contributed by atoms with van der Waals surface area (Å²) in [4.78, 5) is 26.8. The van der Waals surface area contributed by atoms with Gasteiger partial charge in [-0.15, -0.1) is 11.3 Å². The van der Waals surface area contributed by atoms with Crippen molar-refractivity contribution in [3.63, 3.8) is 0 Å². The van der Waals surface area contributed by atoms with Crippen molar-refractivity contribution in [3.05, 3.63) is 34.2 Å². The van der Waals surface area contributed by atoms with Crippen LogP contribution in [0.5, 0.6) is 11.5 Å². The number of amides is 1. The molecule has 0 saturated heterocycles. The molecule has 0 unspecified atom stereocenters. The number of hydrogen-bond donors (Lipinski definition) is 1. The number of sulfonamides is 1. The van der Waals surface area contributed by atoms with Gasteiger partial charge in [0.15, 0.2) is 11.5 Å². The molecule has 2 aromatic rings. The number of carbonyl (C=O) groups excluding carboxylic acids is 2. The fraction of sp³-hybridized carbons (Fsp3) is 0.478. The molecule has 184 valence electrons. The second-order valence-electron chi connectivity index (χ2n) is 7.92. The Morgan fingerprint density at radius 1 is 1.12 bits per heavy atom. The van der Waals surface area contributed by atoms with Crippen LogP contribution < -0.4 is 19.1 Å². The number of anilines is 2. The van der Waals surface area contributed by atoms with Crippen LogP contribution in [0.25, 0.3) is 0 Å². The summed E-state index contributed by atoms with van der Waals surface area (Å²) in [5.74, 6) is -0.249. The monoisotopic (exact) mass is 508 g/mol. The lowest BCUT2D eigenvalue weighted by Crippen LogP contribution is -2.39. The maximum atomic E-state index is 13.1. The summed E-state index contributed by atoms with van der Waals surface area (Å²) in [6.45, 7) is 3.81. The number of thiophene rings is 1. The van der Waals surface area contributed by atoms with Gasteiger partial charge in [-0.3, -0.25) is 9.10 Å². The second-order valence-corrected chi connectivity index (χ2v) is 11.2. The average molecular weight is 509 g/mol. The first-order valence-corrected chi connectivity index (χ1v) is 13.8. The van der Waals surface area contributed by atoms with E-state index in [9.17, 15) is 18.0 Å². The number of esters is 1. The third kappa shape index (κ3) is 5.00. The molecule has 1 aromatic heterocycles. The van der Waals surface area contributed by atoms with Crippen molar-refractivity contribution in [2.75, 3.05) is 41.7 Å². The van der Waals surface area contributed by atoms with E-state index >= 15 is 0 Å². The first kappa shape index (κ1) is 24.3. The predicted molar refractivity (Wildman–Crippen MR) is 130 cm³/mol. The van der Waals surface area contributed by atoms with Crippen LogP contribution in [0.4, 0.5) is 10.7 Å². The molecule has 0 saturated carbocycles. The Bertz CT molecular complexity index is 1190. The van der Waals surface area contributed by atoms with E-state index in [1.807, 2.05) is 0 Å². The third-order valence-corrected chi connectivity index (χ3v) is 8.65.